The summed E-state index contributed by atoms with van der Waals surface area (Å²) in [4.78, 5) is 12.5. The van der Waals surface area contributed by atoms with Crippen molar-refractivity contribution >= 4 is 5.97 Å². The standard InChI is InChI=1S/C25H28O4/c1-4-14-25-15-13-19(28-24(26)18-9-7-6-8-10-18)16-21(25)29-23-20(27-3)12-11-17(5-2)22(23)25/h6-13,15,19,21H,4-5,14,16H2,1-3H3/t19-,21?,25+/m0/s1. The highest BCUT2D eigenvalue weighted by molar-refractivity contribution is 5.89. The SMILES string of the molecule is CCC[C@@]12C=C[C@H](OC(=O)c3ccccc3)CC1Oc1c(OC)ccc(CC)c12. The number of aryl methyl sites for hydroxylation is 1. The largest absolute Gasteiger partial charge is 0.493 e. The van der Waals surface area contributed by atoms with Gasteiger partial charge >= 0.3 is 5.97 Å². The molecule has 1 aliphatic carbocycles. The van der Waals surface area contributed by atoms with Gasteiger partial charge in [0.05, 0.1) is 18.1 Å². The van der Waals surface area contributed by atoms with Gasteiger partial charge < -0.3 is 14.2 Å². The lowest BCUT2D eigenvalue weighted by molar-refractivity contribution is 0.0220. The highest BCUT2D eigenvalue weighted by atomic mass is 16.6. The quantitative estimate of drug-likeness (QED) is 0.498. The Bertz CT molecular complexity index is 918. The topological polar surface area (TPSA) is 44.8 Å². The third kappa shape index (κ3) is 3.31. The van der Waals surface area contributed by atoms with Crippen molar-refractivity contribution in [3.05, 3.63) is 71.3 Å². The van der Waals surface area contributed by atoms with Crippen molar-refractivity contribution in [1.82, 2.24) is 0 Å². The molecule has 4 nitrogen and oxygen atoms in total. The molecule has 0 saturated carbocycles. The first-order chi connectivity index (χ1) is 14.1. The monoisotopic (exact) mass is 392 g/mol. The maximum atomic E-state index is 12.5. The maximum absolute atomic E-state index is 12.5. The van der Waals surface area contributed by atoms with Crippen LogP contribution in [0.4, 0.5) is 0 Å². The zero-order valence-corrected chi connectivity index (χ0v) is 17.3. The number of esters is 1. The van der Waals surface area contributed by atoms with Crippen LogP contribution in [0.2, 0.25) is 0 Å². The average Bonchev–Trinajstić information content (AvgIpc) is 3.08. The molecule has 4 heteroatoms. The minimum absolute atomic E-state index is 0.0716. The summed E-state index contributed by atoms with van der Waals surface area (Å²) in [5.74, 6) is 1.32. The third-order valence-corrected chi connectivity index (χ3v) is 6.10. The molecule has 0 aromatic heterocycles. The average molecular weight is 392 g/mol. The Balaban J connectivity index is 1.66. The molecule has 0 bridgehead atoms. The van der Waals surface area contributed by atoms with E-state index in [1.807, 2.05) is 30.3 Å². The number of rotatable bonds is 6. The molecule has 0 amide bonds. The predicted octanol–water partition coefficient (Wildman–Crippen LogP) is 5.24. The van der Waals surface area contributed by atoms with Crippen LogP contribution in [-0.4, -0.2) is 25.3 Å². The Hall–Kier alpha value is -2.75. The molecule has 2 aromatic carbocycles. The number of hydrogen-bond acceptors (Lipinski definition) is 4. The first kappa shape index (κ1) is 19.6. The lowest BCUT2D eigenvalue weighted by Crippen LogP contribution is -2.43. The van der Waals surface area contributed by atoms with Crippen LogP contribution >= 0.6 is 0 Å². The van der Waals surface area contributed by atoms with E-state index in [0.717, 1.165) is 30.8 Å². The second-order valence-corrected chi connectivity index (χ2v) is 7.79. The molecule has 0 fully saturated rings. The van der Waals surface area contributed by atoms with Gasteiger partial charge in [-0.05, 0) is 42.7 Å². The molecule has 1 aliphatic heterocycles. The molecule has 0 radical (unpaired) electrons. The molecular formula is C25H28O4. The summed E-state index contributed by atoms with van der Waals surface area (Å²) >= 11 is 0. The zero-order valence-electron chi connectivity index (χ0n) is 17.3. The molecular weight excluding hydrogens is 364 g/mol. The Morgan fingerprint density at radius 1 is 1.17 bits per heavy atom. The summed E-state index contributed by atoms with van der Waals surface area (Å²) < 4.78 is 17.9. The summed E-state index contributed by atoms with van der Waals surface area (Å²) in [6, 6.07) is 13.3. The van der Waals surface area contributed by atoms with Crippen LogP contribution in [0.25, 0.3) is 0 Å². The number of fused-ring (bicyclic) bond motifs is 3. The molecule has 2 aromatic rings. The number of ether oxygens (including phenoxy) is 3. The van der Waals surface area contributed by atoms with Gasteiger partial charge in [0.1, 0.15) is 12.2 Å². The van der Waals surface area contributed by atoms with Crippen LogP contribution in [0.1, 0.15) is 54.6 Å². The summed E-state index contributed by atoms with van der Waals surface area (Å²) in [6.07, 6.45) is 7.49. The fourth-order valence-electron chi connectivity index (χ4n) is 4.76. The first-order valence-corrected chi connectivity index (χ1v) is 10.4. The van der Waals surface area contributed by atoms with E-state index >= 15 is 0 Å². The Kier molecular flexibility index (Phi) is 5.35. The van der Waals surface area contributed by atoms with E-state index in [1.165, 1.54) is 11.1 Å². The van der Waals surface area contributed by atoms with Crippen molar-refractivity contribution < 1.29 is 19.0 Å². The molecule has 0 N–H and O–H groups in total. The molecule has 4 rings (SSSR count). The Morgan fingerprint density at radius 3 is 2.66 bits per heavy atom. The summed E-state index contributed by atoms with van der Waals surface area (Å²) in [6.45, 7) is 4.37. The lowest BCUT2D eigenvalue weighted by atomic mass is 9.68. The van der Waals surface area contributed by atoms with Crippen molar-refractivity contribution in [3.8, 4) is 11.5 Å². The highest BCUT2D eigenvalue weighted by Gasteiger charge is 2.51. The van der Waals surface area contributed by atoms with E-state index in [0.29, 0.717) is 12.0 Å². The van der Waals surface area contributed by atoms with Crippen LogP contribution in [0, 0.1) is 0 Å². The van der Waals surface area contributed by atoms with Crippen molar-refractivity contribution in [3.63, 3.8) is 0 Å². The van der Waals surface area contributed by atoms with Gasteiger partial charge in [-0.2, -0.15) is 0 Å². The zero-order chi connectivity index (χ0) is 20.4. The lowest BCUT2D eigenvalue weighted by Gasteiger charge is -2.37. The smallest absolute Gasteiger partial charge is 0.338 e. The van der Waals surface area contributed by atoms with Crippen LogP contribution in [0.3, 0.4) is 0 Å². The van der Waals surface area contributed by atoms with E-state index in [1.54, 1.807) is 19.2 Å². The van der Waals surface area contributed by atoms with Crippen LogP contribution in [0.15, 0.2) is 54.6 Å². The van der Waals surface area contributed by atoms with E-state index in [2.05, 4.69) is 26.0 Å². The molecule has 1 heterocycles. The highest BCUT2D eigenvalue weighted by Crippen LogP contribution is 2.55. The molecule has 29 heavy (non-hydrogen) atoms. The summed E-state index contributed by atoms with van der Waals surface area (Å²) in [5.41, 5.74) is 2.91. The number of hydrogen-bond donors (Lipinski definition) is 0. The normalized spacial score (nSPS) is 24.4. The van der Waals surface area contributed by atoms with Gasteiger partial charge in [-0.25, -0.2) is 4.79 Å². The molecule has 0 saturated heterocycles. The van der Waals surface area contributed by atoms with Gasteiger partial charge in [-0.1, -0.05) is 50.6 Å². The van der Waals surface area contributed by atoms with Gasteiger partial charge in [0, 0.05) is 12.0 Å². The number of carbonyl (C=O) groups is 1. The fraction of sp³-hybridized carbons (Fsp3) is 0.400. The van der Waals surface area contributed by atoms with Gasteiger partial charge in [0.25, 0.3) is 0 Å². The number of carbonyl (C=O) groups excluding carboxylic acids is 1. The second-order valence-electron chi connectivity index (χ2n) is 7.79. The van der Waals surface area contributed by atoms with E-state index in [-0.39, 0.29) is 23.6 Å². The van der Waals surface area contributed by atoms with Crippen molar-refractivity contribution in [2.75, 3.05) is 7.11 Å². The fourth-order valence-corrected chi connectivity index (χ4v) is 4.76. The minimum atomic E-state index is -0.303. The first-order valence-electron chi connectivity index (χ1n) is 10.4. The van der Waals surface area contributed by atoms with Gasteiger partial charge in [-0.15, -0.1) is 0 Å². The summed E-state index contributed by atoms with van der Waals surface area (Å²) in [7, 11) is 1.68. The third-order valence-electron chi connectivity index (χ3n) is 6.10. The van der Waals surface area contributed by atoms with Crippen LogP contribution in [-0.2, 0) is 16.6 Å². The summed E-state index contributed by atoms with van der Waals surface area (Å²) in [5, 5.41) is 0. The maximum Gasteiger partial charge on any atom is 0.338 e. The van der Waals surface area contributed by atoms with Gasteiger partial charge in [-0.3, -0.25) is 0 Å². The number of benzene rings is 2. The predicted molar refractivity (Wildman–Crippen MR) is 113 cm³/mol. The van der Waals surface area contributed by atoms with Gasteiger partial charge in [0.2, 0.25) is 0 Å². The molecule has 3 atom stereocenters. The molecule has 152 valence electrons. The second kappa shape index (κ2) is 7.94. The Labute approximate surface area is 172 Å². The van der Waals surface area contributed by atoms with E-state index in [4.69, 9.17) is 14.2 Å². The van der Waals surface area contributed by atoms with Crippen molar-refractivity contribution in [1.29, 1.82) is 0 Å². The molecule has 0 spiro atoms. The minimum Gasteiger partial charge on any atom is -0.493 e. The van der Waals surface area contributed by atoms with Crippen LogP contribution in [0.5, 0.6) is 11.5 Å². The molecule has 1 unspecified atom stereocenters. The van der Waals surface area contributed by atoms with Crippen LogP contribution < -0.4 is 9.47 Å². The van der Waals surface area contributed by atoms with Gasteiger partial charge in [0.15, 0.2) is 11.5 Å². The number of methoxy groups -OCH3 is 1. The molecule has 2 aliphatic rings. The Morgan fingerprint density at radius 2 is 1.97 bits per heavy atom. The van der Waals surface area contributed by atoms with E-state index < -0.39 is 0 Å². The van der Waals surface area contributed by atoms with Crippen molar-refractivity contribution in [2.24, 2.45) is 0 Å². The van der Waals surface area contributed by atoms with Crippen molar-refractivity contribution in [2.45, 2.75) is 57.2 Å². The van der Waals surface area contributed by atoms with E-state index in [9.17, 15) is 4.79 Å².